The van der Waals surface area contributed by atoms with Crippen molar-refractivity contribution in [3.8, 4) is 10.6 Å². The zero-order chi connectivity index (χ0) is 14.8. The number of carbonyl (C=O) groups is 1. The zero-order valence-electron chi connectivity index (χ0n) is 12.4. The van der Waals surface area contributed by atoms with Crippen LogP contribution in [0.2, 0.25) is 0 Å². The average molecular weight is 320 g/mol. The second-order valence-corrected chi connectivity index (χ2v) is 7.60. The summed E-state index contributed by atoms with van der Waals surface area (Å²) in [5.74, 6) is 0.728. The molecular weight excluding hydrogens is 300 g/mol. The third kappa shape index (κ3) is 3.52. The lowest BCUT2D eigenvalue weighted by Crippen LogP contribution is -2.34. The van der Waals surface area contributed by atoms with Crippen LogP contribution in [0.5, 0.6) is 0 Å². The molecule has 1 amide bonds. The van der Waals surface area contributed by atoms with E-state index in [-0.39, 0.29) is 5.91 Å². The van der Waals surface area contributed by atoms with Crippen LogP contribution in [0.15, 0.2) is 22.2 Å². The fourth-order valence-electron chi connectivity index (χ4n) is 2.27. The third-order valence-corrected chi connectivity index (χ3v) is 5.26. The number of nitrogens with zero attached hydrogens (tertiary/aromatic N) is 2. The van der Waals surface area contributed by atoms with Gasteiger partial charge in [-0.05, 0) is 36.6 Å². The quantitative estimate of drug-likeness (QED) is 0.784. The normalized spacial score (nSPS) is 14.6. The number of thiazole rings is 1. The minimum Gasteiger partial charge on any atom is -0.334 e. The summed E-state index contributed by atoms with van der Waals surface area (Å²) in [5.41, 5.74) is 1.72. The van der Waals surface area contributed by atoms with Crippen molar-refractivity contribution in [1.82, 2.24) is 9.88 Å². The first-order chi connectivity index (χ1) is 10.1. The summed E-state index contributed by atoms with van der Waals surface area (Å²) in [5, 5.41) is 6.96. The lowest BCUT2D eigenvalue weighted by molar-refractivity contribution is 0.0730. The highest BCUT2D eigenvalue weighted by Crippen LogP contribution is 2.31. The van der Waals surface area contributed by atoms with E-state index >= 15 is 0 Å². The summed E-state index contributed by atoms with van der Waals surface area (Å²) in [6, 6.07) is 2.50. The topological polar surface area (TPSA) is 33.2 Å². The Labute approximate surface area is 133 Å². The average Bonchev–Trinajstić information content (AvgIpc) is 2.96. The molecule has 1 aliphatic rings. The molecule has 112 valence electrons. The summed E-state index contributed by atoms with van der Waals surface area (Å²) < 4.78 is 0. The van der Waals surface area contributed by atoms with Gasteiger partial charge >= 0.3 is 0 Å². The van der Waals surface area contributed by atoms with Crippen molar-refractivity contribution in [2.24, 2.45) is 5.92 Å². The van der Waals surface area contributed by atoms with Crippen LogP contribution < -0.4 is 0 Å². The van der Waals surface area contributed by atoms with Crippen LogP contribution in [0.1, 0.15) is 43.6 Å². The molecule has 3 nitrogen and oxygen atoms in total. The van der Waals surface area contributed by atoms with Gasteiger partial charge < -0.3 is 4.90 Å². The van der Waals surface area contributed by atoms with Crippen LogP contribution in [-0.4, -0.2) is 28.4 Å². The van der Waals surface area contributed by atoms with E-state index in [1.807, 2.05) is 15.7 Å². The van der Waals surface area contributed by atoms with Gasteiger partial charge in [-0.3, -0.25) is 4.79 Å². The molecule has 0 aromatic carbocycles. The SMILES string of the molecule is CC(C)CCN(C(=O)c1csc(-c2ccsc2)n1)C1CC1. The molecule has 21 heavy (non-hydrogen) atoms. The molecule has 0 atom stereocenters. The van der Waals surface area contributed by atoms with Gasteiger partial charge in [0.1, 0.15) is 10.7 Å². The van der Waals surface area contributed by atoms with Crippen molar-refractivity contribution in [2.75, 3.05) is 6.54 Å². The Kier molecular flexibility index (Phi) is 4.40. The van der Waals surface area contributed by atoms with Gasteiger partial charge in [0.2, 0.25) is 0 Å². The van der Waals surface area contributed by atoms with E-state index in [0.29, 0.717) is 17.7 Å². The van der Waals surface area contributed by atoms with E-state index < -0.39 is 0 Å². The fraction of sp³-hybridized carbons (Fsp3) is 0.500. The van der Waals surface area contributed by atoms with Crippen LogP contribution in [-0.2, 0) is 0 Å². The summed E-state index contributed by atoms with van der Waals surface area (Å²) in [6.07, 6.45) is 3.35. The highest BCUT2D eigenvalue weighted by molar-refractivity contribution is 7.14. The van der Waals surface area contributed by atoms with E-state index in [9.17, 15) is 4.79 Å². The van der Waals surface area contributed by atoms with Crippen molar-refractivity contribution >= 4 is 28.6 Å². The summed E-state index contributed by atoms with van der Waals surface area (Å²) in [7, 11) is 0. The molecule has 1 saturated carbocycles. The smallest absolute Gasteiger partial charge is 0.273 e. The summed E-state index contributed by atoms with van der Waals surface area (Å²) in [6.45, 7) is 5.26. The first-order valence-corrected chi connectivity index (χ1v) is 9.26. The van der Waals surface area contributed by atoms with Crippen molar-refractivity contribution < 1.29 is 4.79 Å². The number of hydrogen-bond acceptors (Lipinski definition) is 4. The minimum absolute atomic E-state index is 0.107. The van der Waals surface area contributed by atoms with Gasteiger partial charge in [0, 0.05) is 28.9 Å². The van der Waals surface area contributed by atoms with E-state index in [4.69, 9.17) is 0 Å². The Morgan fingerprint density at radius 3 is 2.86 bits per heavy atom. The highest BCUT2D eigenvalue weighted by Gasteiger charge is 2.33. The van der Waals surface area contributed by atoms with Gasteiger partial charge in [0.05, 0.1) is 0 Å². The molecule has 0 radical (unpaired) electrons. The lowest BCUT2D eigenvalue weighted by Gasteiger charge is -2.22. The molecule has 0 bridgehead atoms. The molecule has 2 aromatic rings. The molecule has 0 aliphatic heterocycles. The first-order valence-electron chi connectivity index (χ1n) is 7.44. The van der Waals surface area contributed by atoms with E-state index in [0.717, 1.165) is 36.4 Å². The predicted molar refractivity (Wildman–Crippen MR) is 88.9 cm³/mol. The highest BCUT2D eigenvalue weighted by atomic mass is 32.1. The molecule has 2 heterocycles. The second kappa shape index (κ2) is 6.28. The maximum Gasteiger partial charge on any atom is 0.273 e. The number of aromatic nitrogens is 1. The molecule has 5 heteroatoms. The van der Waals surface area contributed by atoms with Gasteiger partial charge in [-0.15, -0.1) is 11.3 Å². The number of amides is 1. The van der Waals surface area contributed by atoms with Gasteiger partial charge in [0.25, 0.3) is 5.91 Å². The molecule has 1 aliphatic carbocycles. The maximum atomic E-state index is 12.7. The zero-order valence-corrected chi connectivity index (χ0v) is 14.0. The maximum absolute atomic E-state index is 12.7. The Morgan fingerprint density at radius 1 is 1.43 bits per heavy atom. The monoisotopic (exact) mass is 320 g/mol. The molecule has 0 N–H and O–H groups in total. The third-order valence-electron chi connectivity index (χ3n) is 3.69. The van der Waals surface area contributed by atoms with Crippen molar-refractivity contribution in [2.45, 2.75) is 39.2 Å². The van der Waals surface area contributed by atoms with Gasteiger partial charge in [-0.2, -0.15) is 11.3 Å². The van der Waals surface area contributed by atoms with Crippen molar-refractivity contribution in [3.63, 3.8) is 0 Å². The summed E-state index contributed by atoms with van der Waals surface area (Å²) in [4.78, 5) is 19.3. The first kappa shape index (κ1) is 14.7. The van der Waals surface area contributed by atoms with E-state index in [1.54, 1.807) is 22.7 Å². The van der Waals surface area contributed by atoms with E-state index in [2.05, 4.69) is 30.3 Å². The molecule has 2 aromatic heterocycles. The summed E-state index contributed by atoms with van der Waals surface area (Å²) >= 11 is 3.21. The number of rotatable bonds is 6. The number of thiophene rings is 1. The molecule has 1 fully saturated rings. The van der Waals surface area contributed by atoms with E-state index in [1.165, 1.54) is 0 Å². The minimum atomic E-state index is 0.107. The van der Waals surface area contributed by atoms with Crippen LogP contribution in [0.4, 0.5) is 0 Å². The second-order valence-electron chi connectivity index (χ2n) is 5.96. The molecular formula is C16H20N2OS2. The van der Waals surface area contributed by atoms with Crippen molar-refractivity contribution in [1.29, 1.82) is 0 Å². The molecule has 0 spiro atoms. The number of hydrogen-bond donors (Lipinski definition) is 0. The molecule has 0 unspecified atom stereocenters. The van der Waals surface area contributed by atoms with Crippen molar-refractivity contribution in [3.05, 3.63) is 27.9 Å². The number of carbonyl (C=O) groups excluding carboxylic acids is 1. The lowest BCUT2D eigenvalue weighted by atomic mass is 10.1. The van der Waals surface area contributed by atoms with Crippen LogP contribution in [0, 0.1) is 5.92 Å². The standard InChI is InChI=1S/C16H20N2OS2/c1-11(2)5-7-18(13-3-4-13)16(19)14-10-21-15(17-14)12-6-8-20-9-12/h6,8-11,13H,3-5,7H2,1-2H3. The Morgan fingerprint density at radius 2 is 2.24 bits per heavy atom. The Balaban J connectivity index is 1.73. The van der Waals surface area contributed by atoms with Crippen LogP contribution >= 0.6 is 22.7 Å². The van der Waals surface area contributed by atoms with Crippen LogP contribution in [0.3, 0.4) is 0 Å². The van der Waals surface area contributed by atoms with Gasteiger partial charge in [-0.25, -0.2) is 4.98 Å². The fourth-order valence-corrected chi connectivity index (χ4v) is 3.78. The molecule has 0 saturated heterocycles. The Hall–Kier alpha value is -1.20. The predicted octanol–water partition coefficient (Wildman–Crippen LogP) is 4.52. The molecule has 3 rings (SSSR count). The van der Waals surface area contributed by atoms with Gasteiger partial charge in [-0.1, -0.05) is 13.8 Å². The van der Waals surface area contributed by atoms with Gasteiger partial charge in [0.15, 0.2) is 0 Å². The Bertz CT molecular complexity index is 600. The van der Waals surface area contributed by atoms with Crippen LogP contribution in [0.25, 0.3) is 10.6 Å². The largest absolute Gasteiger partial charge is 0.334 e.